The summed E-state index contributed by atoms with van der Waals surface area (Å²) in [7, 11) is 0. The molecule has 0 aliphatic carbocycles. The number of rotatable bonds is 0. The fourth-order valence-electron chi connectivity index (χ4n) is 2.53. The van der Waals surface area contributed by atoms with Crippen LogP contribution in [-0.4, -0.2) is 19.3 Å². The van der Waals surface area contributed by atoms with Gasteiger partial charge in [0.05, 0.1) is 5.54 Å². The SMILES string of the molecule is C1=NC2(CCNCC2)c2ccccc21. The van der Waals surface area contributed by atoms with E-state index in [4.69, 9.17) is 4.99 Å². The maximum absolute atomic E-state index is 4.73. The highest BCUT2D eigenvalue weighted by atomic mass is 15.0. The number of nitrogens with zero attached hydrogens (tertiary/aromatic N) is 1. The van der Waals surface area contributed by atoms with Crippen molar-refractivity contribution >= 4 is 6.21 Å². The molecule has 0 unspecified atom stereocenters. The fourth-order valence-corrected chi connectivity index (χ4v) is 2.53. The minimum absolute atomic E-state index is 0.113. The van der Waals surface area contributed by atoms with Crippen LogP contribution in [0.4, 0.5) is 0 Å². The maximum atomic E-state index is 4.73. The zero-order chi connectivity index (χ0) is 9.43. The molecule has 1 spiro atoms. The monoisotopic (exact) mass is 186 g/mol. The Morgan fingerprint density at radius 1 is 1.14 bits per heavy atom. The predicted octanol–water partition coefficient (Wildman–Crippen LogP) is 1.70. The second kappa shape index (κ2) is 2.92. The summed E-state index contributed by atoms with van der Waals surface area (Å²) < 4.78 is 0. The zero-order valence-corrected chi connectivity index (χ0v) is 8.16. The Labute approximate surface area is 84.1 Å². The van der Waals surface area contributed by atoms with Crippen LogP contribution in [0.25, 0.3) is 0 Å². The first-order valence-electron chi connectivity index (χ1n) is 5.26. The second-order valence-electron chi connectivity index (χ2n) is 4.13. The van der Waals surface area contributed by atoms with Crippen LogP contribution in [0.15, 0.2) is 29.3 Å². The number of hydrogen-bond donors (Lipinski definition) is 1. The van der Waals surface area contributed by atoms with Crippen LogP contribution in [0, 0.1) is 0 Å². The van der Waals surface area contributed by atoms with Gasteiger partial charge in [-0.25, -0.2) is 0 Å². The molecule has 2 heteroatoms. The van der Waals surface area contributed by atoms with Gasteiger partial charge in [0, 0.05) is 6.21 Å². The highest BCUT2D eigenvalue weighted by Gasteiger charge is 2.37. The van der Waals surface area contributed by atoms with Crippen molar-refractivity contribution in [3.63, 3.8) is 0 Å². The van der Waals surface area contributed by atoms with E-state index >= 15 is 0 Å². The highest BCUT2D eigenvalue weighted by molar-refractivity contribution is 5.86. The summed E-state index contributed by atoms with van der Waals surface area (Å²) in [5.74, 6) is 0. The van der Waals surface area contributed by atoms with Gasteiger partial charge in [0.2, 0.25) is 0 Å². The van der Waals surface area contributed by atoms with Gasteiger partial charge in [-0.15, -0.1) is 0 Å². The average Bonchev–Trinajstić information content (AvgIpc) is 2.60. The number of fused-ring (bicyclic) bond motifs is 2. The molecule has 2 nitrogen and oxygen atoms in total. The van der Waals surface area contributed by atoms with Gasteiger partial charge in [-0.2, -0.15) is 0 Å². The highest BCUT2D eigenvalue weighted by Crippen LogP contribution is 2.39. The van der Waals surface area contributed by atoms with E-state index in [0.29, 0.717) is 0 Å². The van der Waals surface area contributed by atoms with Crippen LogP contribution in [0.1, 0.15) is 24.0 Å². The molecule has 0 amide bonds. The zero-order valence-electron chi connectivity index (χ0n) is 8.16. The lowest BCUT2D eigenvalue weighted by atomic mass is 9.82. The van der Waals surface area contributed by atoms with Crippen molar-refractivity contribution in [2.24, 2.45) is 4.99 Å². The molecule has 0 bridgehead atoms. The molecule has 0 radical (unpaired) electrons. The smallest absolute Gasteiger partial charge is 0.0887 e. The summed E-state index contributed by atoms with van der Waals surface area (Å²) in [4.78, 5) is 4.73. The first kappa shape index (κ1) is 8.18. The van der Waals surface area contributed by atoms with E-state index in [1.54, 1.807) is 0 Å². The summed E-state index contributed by atoms with van der Waals surface area (Å²) in [6.45, 7) is 2.18. The van der Waals surface area contributed by atoms with E-state index in [1.165, 1.54) is 11.1 Å². The lowest BCUT2D eigenvalue weighted by molar-refractivity contribution is 0.326. The van der Waals surface area contributed by atoms with Crippen molar-refractivity contribution in [3.8, 4) is 0 Å². The van der Waals surface area contributed by atoms with Crippen LogP contribution in [-0.2, 0) is 5.54 Å². The van der Waals surface area contributed by atoms with Gasteiger partial charge in [0.15, 0.2) is 0 Å². The van der Waals surface area contributed by atoms with Gasteiger partial charge in [0.1, 0.15) is 0 Å². The molecule has 0 aromatic heterocycles. The summed E-state index contributed by atoms with van der Waals surface area (Å²) in [5, 5.41) is 3.39. The Morgan fingerprint density at radius 3 is 2.79 bits per heavy atom. The number of piperidine rings is 1. The van der Waals surface area contributed by atoms with Crippen molar-refractivity contribution in [2.45, 2.75) is 18.4 Å². The minimum atomic E-state index is 0.113. The third kappa shape index (κ3) is 1.04. The minimum Gasteiger partial charge on any atom is -0.317 e. The van der Waals surface area contributed by atoms with Crippen molar-refractivity contribution in [3.05, 3.63) is 35.4 Å². The van der Waals surface area contributed by atoms with Crippen molar-refractivity contribution in [2.75, 3.05) is 13.1 Å². The summed E-state index contributed by atoms with van der Waals surface area (Å²) in [6.07, 6.45) is 4.32. The predicted molar refractivity (Wildman–Crippen MR) is 57.8 cm³/mol. The molecular formula is C12H14N2. The van der Waals surface area contributed by atoms with Crippen LogP contribution in [0.5, 0.6) is 0 Å². The van der Waals surface area contributed by atoms with Crippen LogP contribution >= 0.6 is 0 Å². The van der Waals surface area contributed by atoms with Crippen LogP contribution in [0.2, 0.25) is 0 Å². The van der Waals surface area contributed by atoms with E-state index in [1.807, 2.05) is 6.21 Å². The molecule has 1 fully saturated rings. The molecule has 2 aliphatic rings. The van der Waals surface area contributed by atoms with Crippen LogP contribution < -0.4 is 5.32 Å². The van der Waals surface area contributed by atoms with Gasteiger partial charge in [-0.05, 0) is 37.1 Å². The molecule has 72 valence electrons. The summed E-state index contributed by atoms with van der Waals surface area (Å²) in [6, 6.07) is 8.60. The number of benzene rings is 1. The molecule has 2 heterocycles. The Balaban J connectivity index is 2.07. The van der Waals surface area contributed by atoms with Crippen molar-refractivity contribution < 1.29 is 0 Å². The Kier molecular flexibility index (Phi) is 1.71. The number of nitrogens with one attached hydrogen (secondary N) is 1. The molecule has 2 aliphatic heterocycles. The number of aliphatic imine (C=N–C) groups is 1. The lowest BCUT2D eigenvalue weighted by Gasteiger charge is -2.32. The van der Waals surface area contributed by atoms with Crippen molar-refractivity contribution in [1.29, 1.82) is 0 Å². The molecule has 1 aromatic rings. The van der Waals surface area contributed by atoms with Gasteiger partial charge < -0.3 is 5.32 Å². The standard InChI is InChI=1S/C12H14N2/c1-2-4-11-10(3-1)9-14-12(11)5-7-13-8-6-12/h1-4,9,13H,5-8H2. The molecular weight excluding hydrogens is 172 g/mol. The van der Waals surface area contributed by atoms with Gasteiger partial charge in [-0.3, -0.25) is 4.99 Å². The molecule has 3 rings (SSSR count). The molecule has 0 atom stereocenters. The summed E-state index contributed by atoms with van der Waals surface area (Å²) in [5.41, 5.74) is 2.86. The van der Waals surface area contributed by atoms with Crippen LogP contribution in [0.3, 0.4) is 0 Å². The largest absolute Gasteiger partial charge is 0.317 e. The molecule has 14 heavy (non-hydrogen) atoms. The Morgan fingerprint density at radius 2 is 1.93 bits per heavy atom. The van der Waals surface area contributed by atoms with E-state index in [2.05, 4.69) is 29.6 Å². The third-order valence-corrected chi connectivity index (χ3v) is 3.34. The van der Waals surface area contributed by atoms with Crippen molar-refractivity contribution in [1.82, 2.24) is 5.32 Å². The van der Waals surface area contributed by atoms with Gasteiger partial charge in [-0.1, -0.05) is 24.3 Å². The molecule has 1 N–H and O–H groups in total. The van der Waals surface area contributed by atoms with E-state index in [9.17, 15) is 0 Å². The van der Waals surface area contributed by atoms with Gasteiger partial charge >= 0.3 is 0 Å². The Hall–Kier alpha value is -1.15. The average molecular weight is 186 g/mol. The third-order valence-electron chi connectivity index (χ3n) is 3.34. The van der Waals surface area contributed by atoms with E-state index in [0.717, 1.165) is 25.9 Å². The summed E-state index contributed by atoms with van der Waals surface area (Å²) >= 11 is 0. The molecule has 1 saturated heterocycles. The fraction of sp³-hybridized carbons (Fsp3) is 0.417. The molecule has 0 saturated carbocycles. The second-order valence-corrected chi connectivity index (χ2v) is 4.13. The first-order chi connectivity index (χ1) is 6.91. The lowest BCUT2D eigenvalue weighted by Crippen LogP contribution is -2.37. The first-order valence-corrected chi connectivity index (χ1v) is 5.26. The van der Waals surface area contributed by atoms with Gasteiger partial charge in [0.25, 0.3) is 0 Å². The maximum Gasteiger partial charge on any atom is 0.0887 e. The molecule has 1 aromatic carbocycles. The Bertz CT molecular complexity index is 376. The van der Waals surface area contributed by atoms with E-state index < -0.39 is 0 Å². The quantitative estimate of drug-likeness (QED) is 0.655. The topological polar surface area (TPSA) is 24.4 Å². The van der Waals surface area contributed by atoms with E-state index in [-0.39, 0.29) is 5.54 Å². The normalized spacial score (nSPS) is 22.6. The number of hydrogen-bond acceptors (Lipinski definition) is 2.